The SMILES string of the molecule is Oc1ccc(Oc2cc(NCCC(F)(F)F)c3ncc(O)n3n2)c(F)c1F. The first-order valence-corrected chi connectivity index (χ1v) is 7.39. The normalized spacial score (nSPS) is 11.7. The summed E-state index contributed by atoms with van der Waals surface area (Å²) < 4.78 is 70.2. The van der Waals surface area contributed by atoms with Gasteiger partial charge in [0, 0.05) is 12.6 Å². The first-order valence-electron chi connectivity index (χ1n) is 7.39. The number of anilines is 1. The zero-order valence-corrected chi connectivity index (χ0v) is 13.3. The summed E-state index contributed by atoms with van der Waals surface area (Å²) in [7, 11) is 0. The highest BCUT2D eigenvalue weighted by Gasteiger charge is 2.26. The third kappa shape index (κ3) is 3.93. The van der Waals surface area contributed by atoms with Crippen LogP contribution < -0.4 is 10.1 Å². The van der Waals surface area contributed by atoms with Crippen molar-refractivity contribution in [3.63, 3.8) is 0 Å². The van der Waals surface area contributed by atoms with E-state index in [1.165, 1.54) is 0 Å². The van der Waals surface area contributed by atoms with E-state index in [1.54, 1.807) is 0 Å². The lowest BCUT2D eigenvalue weighted by atomic mass is 10.3. The number of benzene rings is 1. The van der Waals surface area contributed by atoms with Crippen LogP contribution in [0.2, 0.25) is 0 Å². The Morgan fingerprint density at radius 3 is 2.59 bits per heavy atom. The smallest absolute Gasteiger partial charge is 0.390 e. The van der Waals surface area contributed by atoms with E-state index in [1.807, 2.05) is 0 Å². The summed E-state index contributed by atoms with van der Waals surface area (Å²) in [5.41, 5.74) is 0.0172. The number of phenols is 1. The lowest BCUT2D eigenvalue weighted by Gasteiger charge is -2.12. The summed E-state index contributed by atoms with van der Waals surface area (Å²) >= 11 is 0. The van der Waals surface area contributed by atoms with E-state index in [0.717, 1.165) is 28.9 Å². The highest BCUT2D eigenvalue weighted by Crippen LogP contribution is 2.32. The monoisotopic (exact) mass is 390 g/mol. The number of nitrogens with zero attached hydrogens (tertiary/aromatic N) is 3. The molecule has 0 radical (unpaired) electrons. The van der Waals surface area contributed by atoms with Gasteiger partial charge in [-0.1, -0.05) is 0 Å². The van der Waals surface area contributed by atoms with E-state index in [4.69, 9.17) is 9.84 Å². The molecule has 12 heteroatoms. The van der Waals surface area contributed by atoms with Crippen molar-refractivity contribution in [1.29, 1.82) is 0 Å². The molecule has 0 unspecified atom stereocenters. The van der Waals surface area contributed by atoms with Gasteiger partial charge in [-0.3, -0.25) is 0 Å². The van der Waals surface area contributed by atoms with Crippen LogP contribution in [0.1, 0.15) is 6.42 Å². The molecule has 0 amide bonds. The van der Waals surface area contributed by atoms with Crippen molar-refractivity contribution >= 4 is 11.3 Å². The van der Waals surface area contributed by atoms with Crippen LogP contribution in [-0.4, -0.2) is 37.5 Å². The zero-order chi connectivity index (χ0) is 19.8. The molecule has 0 aliphatic heterocycles. The standard InChI is InChI=1S/C15H11F5N4O3/c16-12-8(25)1-2-9(13(12)17)27-10-5-7(21-4-3-15(18,19)20)14-22-6-11(26)24(14)23-10/h1-2,5-6,21,25-26H,3-4H2. The van der Waals surface area contributed by atoms with E-state index >= 15 is 0 Å². The molecule has 7 nitrogen and oxygen atoms in total. The highest BCUT2D eigenvalue weighted by atomic mass is 19.4. The van der Waals surface area contributed by atoms with Gasteiger partial charge in [0.15, 0.2) is 17.1 Å². The molecule has 0 fully saturated rings. The molecule has 27 heavy (non-hydrogen) atoms. The molecule has 0 saturated carbocycles. The Morgan fingerprint density at radius 1 is 1.15 bits per heavy atom. The number of fused-ring (bicyclic) bond motifs is 1. The average molecular weight is 390 g/mol. The molecule has 144 valence electrons. The van der Waals surface area contributed by atoms with Gasteiger partial charge in [-0.15, -0.1) is 5.10 Å². The Kier molecular flexibility index (Phi) is 4.64. The molecular weight excluding hydrogens is 379 g/mol. The molecule has 0 bridgehead atoms. The molecule has 1 aromatic carbocycles. The van der Waals surface area contributed by atoms with Crippen LogP contribution in [0, 0.1) is 11.6 Å². The number of phenolic OH excluding ortho intramolecular Hbond substituents is 1. The summed E-state index contributed by atoms with van der Waals surface area (Å²) in [6, 6.07) is 2.90. The summed E-state index contributed by atoms with van der Waals surface area (Å²) in [5.74, 6) is -5.40. The maximum Gasteiger partial charge on any atom is 0.390 e. The molecule has 0 atom stereocenters. The van der Waals surface area contributed by atoms with Gasteiger partial charge in [0.2, 0.25) is 23.4 Å². The predicted octanol–water partition coefficient (Wildman–Crippen LogP) is 3.58. The van der Waals surface area contributed by atoms with Crippen LogP contribution in [0.25, 0.3) is 5.65 Å². The van der Waals surface area contributed by atoms with Gasteiger partial charge in [0.25, 0.3) is 0 Å². The van der Waals surface area contributed by atoms with Gasteiger partial charge in [0.05, 0.1) is 18.3 Å². The minimum Gasteiger partial charge on any atom is -0.505 e. The summed E-state index contributed by atoms with van der Waals surface area (Å²) in [4.78, 5) is 3.81. The minimum atomic E-state index is -4.39. The minimum absolute atomic E-state index is 0.000571. The van der Waals surface area contributed by atoms with Gasteiger partial charge < -0.3 is 20.3 Å². The number of imidazole rings is 1. The Balaban J connectivity index is 1.94. The Hall–Kier alpha value is -3.31. The third-order valence-electron chi connectivity index (χ3n) is 3.39. The van der Waals surface area contributed by atoms with Crippen molar-refractivity contribution < 1.29 is 36.9 Å². The molecule has 2 aromatic heterocycles. The second kappa shape index (κ2) is 6.78. The quantitative estimate of drug-likeness (QED) is 0.577. The second-order valence-corrected chi connectivity index (χ2v) is 5.35. The number of nitrogens with one attached hydrogen (secondary N) is 1. The second-order valence-electron chi connectivity index (χ2n) is 5.35. The Morgan fingerprint density at radius 2 is 1.89 bits per heavy atom. The fourth-order valence-electron chi connectivity index (χ4n) is 2.17. The van der Waals surface area contributed by atoms with Crippen LogP contribution >= 0.6 is 0 Å². The van der Waals surface area contributed by atoms with E-state index in [-0.39, 0.29) is 17.2 Å². The van der Waals surface area contributed by atoms with E-state index in [0.29, 0.717) is 0 Å². The lowest BCUT2D eigenvalue weighted by molar-refractivity contribution is -0.131. The number of hydrogen-bond acceptors (Lipinski definition) is 6. The van der Waals surface area contributed by atoms with Crippen molar-refractivity contribution in [2.45, 2.75) is 12.6 Å². The predicted molar refractivity (Wildman–Crippen MR) is 81.9 cm³/mol. The number of hydrogen-bond donors (Lipinski definition) is 3. The fourth-order valence-corrected chi connectivity index (χ4v) is 2.17. The molecule has 0 aliphatic carbocycles. The van der Waals surface area contributed by atoms with Crippen molar-refractivity contribution in [3.8, 4) is 23.3 Å². The van der Waals surface area contributed by atoms with Gasteiger partial charge >= 0.3 is 6.18 Å². The molecule has 3 N–H and O–H groups in total. The molecule has 3 rings (SSSR count). The van der Waals surface area contributed by atoms with Crippen molar-refractivity contribution in [2.75, 3.05) is 11.9 Å². The molecule has 0 spiro atoms. The van der Waals surface area contributed by atoms with Gasteiger partial charge in [-0.25, -0.2) is 4.98 Å². The molecule has 3 aromatic rings. The van der Waals surface area contributed by atoms with Crippen LogP contribution in [0.4, 0.5) is 27.6 Å². The number of alkyl halides is 3. The fraction of sp³-hybridized carbons (Fsp3) is 0.200. The van der Waals surface area contributed by atoms with Gasteiger partial charge in [-0.05, 0) is 12.1 Å². The Bertz CT molecular complexity index is 990. The van der Waals surface area contributed by atoms with Gasteiger partial charge in [-0.2, -0.15) is 26.5 Å². The highest BCUT2D eigenvalue weighted by molar-refractivity contribution is 5.69. The van der Waals surface area contributed by atoms with Crippen LogP contribution in [0.5, 0.6) is 23.3 Å². The van der Waals surface area contributed by atoms with E-state index in [2.05, 4.69) is 15.4 Å². The number of halogens is 5. The summed E-state index contributed by atoms with van der Waals surface area (Å²) in [6.45, 7) is -0.502. The molecular formula is C15H11F5N4O3. The average Bonchev–Trinajstić information content (AvgIpc) is 2.96. The van der Waals surface area contributed by atoms with Crippen molar-refractivity contribution in [1.82, 2.24) is 14.6 Å². The molecule has 0 aliphatic rings. The third-order valence-corrected chi connectivity index (χ3v) is 3.39. The van der Waals surface area contributed by atoms with E-state index in [9.17, 15) is 27.1 Å². The molecule has 2 heterocycles. The number of ether oxygens (including phenoxy) is 1. The summed E-state index contributed by atoms with van der Waals surface area (Å²) in [6.07, 6.45) is -4.52. The van der Waals surface area contributed by atoms with E-state index < -0.39 is 48.2 Å². The first kappa shape index (κ1) is 18.5. The largest absolute Gasteiger partial charge is 0.505 e. The van der Waals surface area contributed by atoms with Crippen molar-refractivity contribution in [2.24, 2.45) is 0 Å². The zero-order valence-electron chi connectivity index (χ0n) is 13.3. The number of aromatic hydroxyl groups is 2. The number of rotatable bonds is 5. The maximum atomic E-state index is 13.8. The lowest BCUT2D eigenvalue weighted by Crippen LogP contribution is -2.15. The van der Waals surface area contributed by atoms with Crippen LogP contribution in [0.3, 0.4) is 0 Å². The van der Waals surface area contributed by atoms with Crippen LogP contribution in [-0.2, 0) is 0 Å². The Labute approximate surface area is 147 Å². The summed E-state index contributed by atoms with van der Waals surface area (Å²) in [5, 5.41) is 25.1. The maximum absolute atomic E-state index is 13.8. The first-order chi connectivity index (χ1) is 12.7. The van der Waals surface area contributed by atoms with Gasteiger partial charge in [0.1, 0.15) is 0 Å². The van der Waals surface area contributed by atoms with Crippen LogP contribution in [0.15, 0.2) is 24.4 Å². The molecule has 0 saturated heterocycles. The van der Waals surface area contributed by atoms with Crippen molar-refractivity contribution in [3.05, 3.63) is 36.0 Å². The number of aromatic nitrogens is 3. The topological polar surface area (TPSA) is 91.9 Å².